The molecule has 112 valence electrons. The summed E-state index contributed by atoms with van der Waals surface area (Å²) in [6.07, 6.45) is 5.16. The number of pyridine rings is 1. The van der Waals surface area contributed by atoms with Crippen LogP contribution in [0, 0.1) is 11.6 Å². The van der Waals surface area contributed by atoms with Crippen LogP contribution in [-0.4, -0.2) is 19.6 Å². The van der Waals surface area contributed by atoms with Gasteiger partial charge in [0.15, 0.2) is 0 Å². The van der Waals surface area contributed by atoms with Crippen LogP contribution in [0.25, 0.3) is 11.4 Å². The number of imidazole rings is 1. The molecular formula is C16H13F2N3O. The fraction of sp³-hybridized carbons (Fsp3) is 0.125. The molecule has 3 rings (SSSR count). The van der Waals surface area contributed by atoms with E-state index in [-0.39, 0.29) is 12.1 Å². The summed E-state index contributed by atoms with van der Waals surface area (Å²) < 4.78 is 29.1. The first kappa shape index (κ1) is 14.3. The monoisotopic (exact) mass is 301 g/mol. The SMILES string of the molecule is OC(Cn1ccnc1-c1cccnc1)c1c(F)cccc1F. The maximum Gasteiger partial charge on any atom is 0.141 e. The third-order valence-electron chi connectivity index (χ3n) is 3.34. The highest BCUT2D eigenvalue weighted by molar-refractivity contribution is 5.53. The van der Waals surface area contributed by atoms with E-state index in [0.717, 1.165) is 17.7 Å². The molecule has 6 heteroatoms. The number of hydrogen-bond donors (Lipinski definition) is 1. The second kappa shape index (κ2) is 6.03. The zero-order chi connectivity index (χ0) is 15.5. The summed E-state index contributed by atoms with van der Waals surface area (Å²) in [5.74, 6) is -0.963. The first-order chi connectivity index (χ1) is 10.7. The molecule has 0 saturated heterocycles. The molecule has 0 saturated carbocycles. The van der Waals surface area contributed by atoms with Crippen molar-refractivity contribution in [1.29, 1.82) is 0 Å². The first-order valence-electron chi connectivity index (χ1n) is 6.70. The fourth-order valence-electron chi connectivity index (χ4n) is 2.32. The standard InChI is InChI=1S/C16H13F2N3O/c17-12-4-1-5-13(18)15(12)14(22)10-21-8-7-20-16(21)11-3-2-6-19-9-11/h1-9,14,22H,10H2. The molecule has 0 aliphatic heterocycles. The van der Waals surface area contributed by atoms with Crippen LogP contribution in [0.1, 0.15) is 11.7 Å². The molecule has 2 aromatic heterocycles. The molecule has 2 heterocycles. The number of hydrogen-bond acceptors (Lipinski definition) is 3. The quantitative estimate of drug-likeness (QED) is 0.806. The number of benzene rings is 1. The maximum absolute atomic E-state index is 13.7. The zero-order valence-corrected chi connectivity index (χ0v) is 11.5. The van der Waals surface area contributed by atoms with E-state index in [2.05, 4.69) is 9.97 Å². The minimum absolute atomic E-state index is 0.0118. The summed E-state index contributed by atoms with van der Waals surface area (Å²) in [5, 5.41) is 10.2. The maximum atomic E-state index is 13.7. The lowest BCUT2D eigenvalue weighted by molar-refractivity contribution is 0.148. The van der Waals surface area contributed by atoms with Crippen molar-refractivity contribution >= 4 is 0 Å². The highest BCUT2D eigenvalue weighted by Gasteiger charge is 2.19. The third kappa shape index (κ3) is 2.73. The molecule has 0 aliphatic carbocycles. The van der Waals surface area contributed by atoms with E-state index < -0.39 is 17.7 Å². The van der Waals surface area contributed by atoms with Crippen molar-refractivity contribution in [2.45, 2.75) is 12.6 Å². The molecule has 0 fully saturated rings. The van der Waals surface area contributed by atoms with Crippen molar-refractivity contribution in [3.05, 3.63) is 72.3 Å². The van der Waals surface area contributed by atoms with E-state index in [0.29, 0.717) is 5.82 Å². The van der Waals surface area contributed by atoms with Crippen molar-refractivity contribution in [2.75, 3.05) is 0 Å². The van der Waals surface area contributed by atoms with E-state index in [1.807, 2.05) is 6.07 Å². The highest BCUT2D eigenvalue weighted by Crippen LogP contribution is 2.24. The van der Waals surface area contributed by atoms with Crippen molar-refractivity contribution in [1.82, 2.24) is 14.5 Å². The van der Waals surface area contributed by atoms with E-state index >= 15 is 0 Å². The minimum Gasteiger partial charge on any atom is -0.386 e. The van der Waals surface area contributed by atoms with E-state index in [9.17, 15) is 13.9 Å². The second-order valence-electron chi connectivity index (χ2n) is 4.80. The molecule has 22 heavy (non-hydrogen) atoms. The van der Waals surface area contributed by atoms with Crippen molar-refractivity contribution < 1.29 is 13.9 Å². The summed E-state index contributed by atoms with van der Waals surface area (Å²) in [6.45, 7) is -0.0118. The zero-order valence-electron chi connectivity index (χ0n) is 11.5. The number of rotatable bonds is 4. The van der Waals surface area contributed by atoms with Crippen LogP contribution < -0.4 is 0 Å². The van der Waals surface area contributed by atoms with Gasteiger partial charge in [-0.15, -0.1) is 0 Å². The molecule has 0 spiro atoms. The lowest BCUT2D eigenvalue weighted by Gasteiger charge is -2.15. The average Bonchev–Trinajstić information content (AvgIpc) is 2.96. The molecule has 0 bridgehead atoms. The predicted octanol–water partition coefficient (Wildman–Crippen LogP) is 2.96. The van der Waals surface area contributed by atoms with Crippen LogP contribution in [0.5, 0.6) is 0 Å². The number of nitrogens with zero attached hydrogens (tertiary/aromatic N) is 3. The Balaban J connectivity index is 1.90. The van der Waals surface area contributed by atoms with Gasteiger partial charge in [0, 0.05) is 30.4 Å². The second-order valence-corrected chi connectivity index (χ2v) is 4.80. The molecule has 1 aromatic carbocycles. The van der Waals surface area contributed by atoms with Gasteiger partial charge < -0.3 is 9.67 Å². The highest BCUT2D eigenvalue weighted by atomic mass is 19.1. The van der Waals surface area contributed by atoms with Gasteiger partial charge in [-0.1, -0.05) is 6.07 Å². The molecule has 1 unspecified atom stereocenters. The Kier molecular flexibility index (Phi) is 3.93. The lowest BCUT2D eigenvalue weighted by Crippen LogP contribution is -2.12. The summed E-state index contributed by atoms with van der Waals surface area (Å²) in [5.41, 5.74) is 0.419. The summed E-state index contributed by atoms with van der Waals surface area (Å²) in [6, 6.07) is 7.09. The van der Waals surface area contributed by atoms with Gasteiger partial charge in [-0.25, -0.2) is 13.8 Å². The molecule has 0 amide bonds. The Morgan fingerprint density at radius 3 is 2.55 bits per heavy atom. The van der Waals surface area contributed by atoms with Crippen LogP contribution >= 0.6 is 0 Å². The van der Waals surface area contributed by atoms with Gasteiger partial charge in [0.05, 0.1) is 12.1 Å². The normalized spacial score (nSPS) is 12.3. The molecular weight excluding hydrogens is 288 g/mol. The van der Waals surface area contributed by atoms with Gasteiger partial charge in [0.1, 0.15) is 23.6 Å². The van der Waals surface area contributed by atoms with Crippen LogP contribution in [0.3, 0.4) is 0 Å². The molecule has 1 atom stereocenters. The predicted molar refractivity (Wildman–Crippen MR) is 76.8 cm³/mol. The Bertz CT molecular complexity index is 754. The Morgan fingerprint density at radius 2 is 1.86 bits per heavy atom. The molecule has 0 radical (unpaired) electrons. The lowest BCUT2D eigenvalue weighted by atomic mass is 10.1. The van der Waals surface area contributed by atoms with Crippen molar-refractivity contribution in [2.24, 2.45) is 0 Å². The van der Waals surface area contributed by atoms with Crippen LogP contribution in [-0.2, 0) is 6.54 Å². The molecule has 3 aromatic rings. The van der Waals surface area contributed by atoms with Crippen molar-refractivity contribution in [3.63, 3.8) is 0 Å². The van der Waals surface area contributed by atoms with Gasteiger partial charge in [-0.2, -0.15) is 0 Å². The van der Waals surface area contributed by atoms with E-state index in [4.69, 9.17) is 0 Å². The minimum atomic E-state index is -1.31. The van der Waals surface area contributed by atoms with Gasteiger partial charge >= 0.3 is 0 Å². The number of aliphatic hydroxyl groups excluding tert-OH is 1. The molecule has 1 N–H and O–H groups in total. The van der Waals surface area contributed by atoms with Crippen LogP contribution in [0.15, 0.2) is 55.1 Å². The Hall–Kier alpha value is -2.60. The third-order valence-corrected chi connectivity index (χ3v) is 3.34. The van der Waals surface area contributed by atoms with E-state index in [1.165, 1.54) is 6.07 Å². The first-order valence-corrected chi connectivity index (χ1v) is 6.70. The van der Waals surface area contributed by atoms with Gasteiger partial charge in [-0.05, 0) is 24.3 Å². The number of halogens is 2. The number of aliphatic hydroxyl groups is 1. The summed E-state index contributed by atoms with van der Waals surface area (Å²) in [4.78, 5) is 8.21. The van der Waals surface area contributed by atoms with Gasteiger partial charge in [0.25, 0.3) is 0 Å². The largest absolute Gasteiger partial charge is 0.386 e. The smallest absolute Gasteiger partial charge is 0.141 e. The Labute approximate surface area is 125 Å². The topological polar surface area (TPSA) is 50.9 Å². The molecule has 0 aliphatic rings. The molecule has 4 nitrogen and oxygen atoms in total. The van der Waals surface area contributed by atoms with Gasteiger partial charge in [0.2, 0.25) is 0 Å². The number of aromatic nitrogens is 3. The summed E-state index contributed by atoms with van der Waals surface area (Å²) in [7, 11) is 0. The van der Waals surface area contributed by atoms with E-state index in [1.54, 1.807) is 35.4 Å². The van der Waals surface area contributed by atoms with Crippen LogP contribution in [0.2, 0.25) is 0 Å². The van der Waals surface area contributed by atoms with Crippen molar-refractivity contribution in [3.8, 4) is 11.4 Å². The summed E-state index contributed by atoms with van der Waals surface area (Å²) >= 11 is 0. The van der Waals surface area contributed by atoms with Gasteiger partial charge in [-0.3, -0.25) is 4.98 Å². The Morgan fingerprint density at radius 1 is 1.09 bits per heavy atom. The average molecular weight is 301 g/mol. The fourth-order valence-corrected chi connectivity index (χ4v) is 2.32. The van der Waals surface area contributed by atoms with Crippen LogP contribution in [0.4, 0.5) is 8.78 Å².